The number of carbonyl (C=O) groups excluding carboxylic acids is 1. The van der Waals surface area contributed by atoms with Crippen molar-refractivity contribution < 1.29 is 19.0 Å². The number of carbonyl (C=O) groups is 1. The maximum atomic E-state index is 12.0. The molecule has 4 aliphatic rings. The van der Waals surface area contributed by atoms with Crippen molar-refractivity contribution in [3.8, 4) is 0 Å². The van der Waals surface area contributed by atoms with E-state index in [0.717, 1.165) is 31.3 Å². The van der Waals surface area contributed by atoms with Crippen molar-refractivity contribution in [1.29, 1.82) is 0 Å². The SMILES string of the molecule is CCOC(=O)O[C@H]1CC[C@H]2[C@@H]3CCC4=C[C@H](OCC)CC[C@]4(C)[C@H]3CC[C@]12C. The van der Waals surface area contributed by atoms with E-state index in [1.165, 1.54) is 38.5 Å². The molecule has 0 unspecified atom stereocenters. The highest BCUT2D eigenvalue weighted by Crippen LogP contribution is 2.65. The molecule has 0 spiro atoms. The van der Waals surface area contributed by atoms with Crippen molar-refractivity contribution >= 4 is 6.16 Å². The van der Waals surface area contributed by atoms with Gasteiger partial charge < -0.3 is 14.2 Å². The van der Waals surface area contributed by atoms with Crippen molar-refractivity contribution in [3.05, 3.63) is 11.6 Å². The number of hydrogen-bond acceptors (Lipinski definition) is 4. The summed E-state index contributed by atoms with van der Waals surface area (Å²) < 4.78 is 16.8. The van der Waals surface area contributed by atoms with Crippen molar-refractivity contribution in [2.45, 2.75) is 91.3 Å². The van der Waals surface area contributed by atoms with E-state index in [2.05, 4.69) is 26.8 Å². The van der Waals surface area contributed by atoms with Crippen LogP contribution in [-0.4, -0.2) is 31.6 Å². The smallest absolute Gasteiger partial charge is 0.435 e. The topological polar surface area (TPSA) is 44.8 Å². The molecular formula is C24H38O4. The van der Waals surface area contributed by atoms with E-state index in [4.69, 9.17) is 14.2 Å². The van der Waals surface area contributed by atoms with Crippen LogP contribution in [0.2, 0.25) is 0 Å². The molecule has 0 amide bonds. The molecule has 0 aromatic carbocycles. The van der Waals surface area contributed by atoms with Crippen LogP contribution >= 0.6 is 0 Å². The van der Waals surface area contributed by atoms with Crippen LogP contribution in [0.3, 0.4) is 0 Å². The Labute approximate surface area is 170 Å². The molecule has 3 fully saturated rings. The lowest BCUT2D eigenvalue weighted by molar-refractivity contribution is -0.0891. The van der Waals surface area contributed by atoms with Crippen LogP contribution in [0.1, 0.15) is 79.1 Å². The van der Waals surface area contributed by atoms with Gasteiger partial charge >= 0.3 is 6.16 Å². The Kier molecular flexibility index (Phi) is 5.54. The van der Waals surface area contributed by atoms with Crippen LogP contribution in [0.15, 0.2) is 11.6 Å². The summed E-state index contributed by atoms with van der Waals surface area (Å²) in [6, 6.07) is 0. The maximum absolute atomic E-state index is 12.0. The molecule has 4 heteroatoms. The van der Waals surface area contributed by atoms with Crippen molar-refractivity contribution in [2.24, 2.45) is 28.6 Å². The lowest BCUT2D eigenvalue weighted by Gasteiger charge is -2.58. The molecule has 7 atom stereocenters. The highest BCUT2D eigenvalue weighted by Gasteiger charge is 2.60. The molecule has 0 heterocycles. The molecule has 4 rings (SSSR count). The fourth-order valence-corrected chi connectivity index (χ4v) is 7.46. The van der Waals surface area contributed by atoms with E-state index in [0.29, 0.717) is 24.0 Å². The van der Waals surface area contributed by atoms with Crippen LogP contribution in [0.4, 0.5) is 4.79 Å². The molecule has 4 nitrogen and oxygen atoms in total. The lowest BCUT2D eigenvalue weighted by Crippen LogP contribution is -2.52. The summed E-state index contributed by atoms with van der Waals surface area (Å²) in [7, 11) is 0. The van der Waals surface area contributed by atoms with Gasteiger partial charge in [-0.3, -0.25) is 0 Å². The first-order valence-electron chi connectivity index (χ1n) is 11.6. The molecular weight excluding hydrogens is 352 g/mol. The predicted molar refractivity (Wildman–Crippen MR) is 109 cm³/mol. The van der Waals surface area contributed by atoms with Crippen molar-refractivity contribution in [3.63, 3.8) is 0 Å². The zero-order valence-electron chi connectivity index (χ0n) is 18.2. The van der Waals surface area contributed by atoms with Crippen molar-refractivity contribution in [1.82, 2.24) is 0 Å². The van der Waals surface area contributed by atoms with Gasteiger partial charge in [-0.2, -0.15) is 0 Å². The predicted octanol–water partition coefficient (Wildman–Crippen LogP) is 5.90. The van der Waals surface area contributed by atoms with Crippen LogP contribution in [0, 0.1) is 28.6 Å². The van der Waals surface area contributed by atoms with Crippen LogP contribution < -0.4 is 0 Å². The van der Waals surface area contributed by atoms with Gasteiger partial charge in [0, 0.05) is 12.0 Å². The third kappa shape index (κ3) is 3.20. The van der Waals surface area contributed by atoms with Gasteiger partial charge in [-0.15, -0.1) is 0 Å². The Balaban J connectivity index is 1.52. The Morgan fingerprint density at radius 2 is 1.86 bits per heavy atom. The molecule has 0 aliphatic heterocycles. The first-order valence-corrected chi connectivity index (χ1v) is 11.6. The second kappa shape index (κ2) is 7.66. The largest absolute Gasteiger partial charge is 0.508 e. The van der Waals surface area contributed by atoms with Gasteiger partial charge in [-0.1, -0.05) is 25.5 Å². The Morgan fingerprint density at radius 3 is 2.61 bits per heavy atom. The second-order valence-electron chi connectivity index (χ2n) is 9.97. The fourth-order valence-electron chi connectivity index (χ4n) is 7.46. The normalized spacial score (nSPS) is 44.7. The Morgan fingerprint density at radius 1 is 1.04 bits per heavy atom. The third-order valence-corrected chi connectivity index (χ3v) is 8.87. The molecule has 0 saturated heterocycles. The molecule has 4 aliphatic carbocycles. The summed E-state index contributed by atoms with van der Waals surface area (Å²) >= 11 is 0. The average molecular weight is 391 g/mol. The first-order chi connectivity index (χ1) is 13.4. The van der Waals surface area contributed by atoms with Crippen LogP contribution in [0.5, 0.6) is 0 Å². The minimum Gasteiger partial charge on any atom is -0.435 e. The number of rotatable bonds is 4. The minimum atomic E-state index is -0.480. The number of fused-ring (bicyclic) bond motifs is 5. The first kappa shape index (κ1) is 20.3. The van der Waals surface area contributed by atoms with Crippen LogP contribution in [0.25, 0.3) is 0 Å². The third-order valence-electron chi connectivity index (χ3n) is 8.87. The average Bonchev–Trinajstić information content (AvgIpc) is 2.99. The van der Waals surface area contributed by atoms with E-state index >= 15 is 0 Å². The molecule has 3 saturated carbocycles. The number of ether oxygens (including phenoxy) is 3. The van der Waals surface area contributed by atoms with Gasteiger partial charge in [-0.25, -0.2) is 4.79 Å². The van der Waals surface area contributed by atoms with Gasteiger partial charge in [0.05, 0.1) is 12.7 Å². The highest BCUT2D eigenvalue weighted by molar-refractivity contribution is 5.60. The Bertz CT molecular complexity index is 628. The summed E-state index contributed by atoms with van der Waals surface area (Å²) in [5, 5.41) is 0. The van der Waals surface area contributed by atoms with Crippen LogP contribution in [-0.2, 0) is 14.2 Å². The quantitative estimate of drug-likeness (QED) is 0.443. The Hall–Kier alpha value is -1.03. The summed E-state index contributed by atoms with van der Waals surface area (Å²) in [6.45, 7) is 10.0. The van der Waals surface area contributed by atoms with E-state index in [-0.39, 0.29) is 11.5 Å². The zero-order valence-corrected chi connectivity index (χ0v) is 18.2. The number of allylic oxidation sites excluding steroid dienone is 1. The maximum Gasteiger partial charge on any atom is 0.508 e. The van der Waals surface area contributed by atoms with E-state index in [9.17, 15) is 4.79 Å². The summed E-state index contributed by atoms with van der Waals surface area (Å²) in [5.74, 6) is 2.21. The van der Waals surface area contributed by atoms with Gasteiger partial charge in [0.15, 0.2) is 0 Å². The van der Waals surface area contributed by atoms with Gasteiger partial charge in [-0.05, 0) is 88.4 Å². The monoisotopic (exact) mass is 390 g/mol. The molecule has 0 bridgehead atoms. The fraction of sp³-hybridized carbons (Fsp3) is 0.875. The van der Waals surface area contributed by atoms with Crippen molar-refractivity contribution in [2.75, 3.05) is 13.2 Å². The molecule has 0 radical (unpaired) electrons. The van der Waals surface area contributed by atoms with E-state index in [1.54, 1.807) is 5.57 Å². The zero-order chi connectivity index (χ0) is 19.9. The molecule has 0 aromatic rings. The molecule has 0 N–H and O–H groups in total. The second-order valence-corrected chi connectivity index (χ2v) is 9.97. The minimum absolute atomic E-state index is 0.0240. The van der Waals surface area contributed by atoms with E-state index < -0.39 is 6.16 Å². The van der Waals surface area contributed by atoms with E-state index in [1.807, 2.05) is 6.92 Å². The molecule has 158 valence electrons. The molecule has 0 aromatic heterocycles. The lowest BCUT2D eigenvalue weighted by atomic mass is 9.47. The standard InChI is InChI=1S/C24H38O4/c1-5-26-17-11-13-23(3)16(15-17)7-8-18-19-9-10-21(28-22(25)27-6-2)24(19,4)14-12-20(18)23/h15,17-21H,5-14H2,1-4H3/t17-,18+,19+,20+,21+,23+,24+/m1/s1. The summed E-state index contributed by atoms with van der Waals surface area (Å²) in [4.78, 5) is 12.0. The highest BCUT2D eigenvalue weighted by atomic mass is 16.7. The van der Waals surface area contributed by atoms with Gasteiger partial charge in [0.25, 0.3) is 0 Å². The number of hydrogen-bond donors (Lipinski definition) is 0. The molecule has 28 heavy (non-hydrogen) atoms. The van der Waals surface area contributed by atoms with Gasteiger partial charge in [0.1, 0.15) is 6.10 Å². The summed E-state index contributed by atoms with van der Waals surface area (Å²) in [6.07, 6.45) is 11.9. The summed E-state index contributed by atoms with van der Waals surface area (Å²) in [5.41, 5.74) is 2.13. The van der Waals surface area contributed by atoms with Gasteiger partial charge in [0.2, 0.25) is 0 Å².